The number of methoxy groups -OCH3 is 1. The van der Waals surface area contributed by atoms with Crippen molar-refractivity contribution in [2.45, 2.75) is 26.2 Å². The molecular weight excluding hydrogens is 148 g/mol. The lowest BCUT2D eigenvalue weighted by atomic mass is 9.99. The molecule has 1 rings (SSSR count). The number of rotatable bonds is 3. The third-order valence-electron chi connectivity index (χ3n) is 2.21. The first kappa shape index (κ1) is 9.11. The Morgan fingerprint density at radius 1 is 1.50 bits per heavy atom. The minimum Gasteiger partial charge on any atom is -0.496 e. The number of hydrogen-bond acceptors (Lipinski definition) is 1. The van der Waals surface area contributed by atoms with E-state index in [1.54, 1.807) is 7.11 Å². The van der Waals surface area contributed by atoms with Crippen LogP contribution in [-0.2, 0) is 0 Å². The standard InChI is InChI=1S/C11H15O/c1-4-9(2)10-5-7-11(12-3)8-6-10/h5-7,9H,4H2,1-3H3. The van der Waals surface area contributed by atoms with E-state index in [1.807, 2.05) is 12.1 Å². The molecule has 1 heteroatoms. The SMILES string of the molecule is CCC(C)c1c[c]c(OC)cc1. The molecule has 0 heterocycles. The Labute approximate surface area is 74.4 Å². The van der Waals surface area contributed by atoms with Crippen LogP contribution in [-0.4, -0.2) is 7.11 Å². The van der Waals surface area contributed by atoms with Crippen molar-refractivity contribution in [3.63, 3.8) is 0 Å². The van der Waals surface area contributed by atoms with Gasteiger partial charge in [-0.1, -0.05) is 19.9 Å². The second-order valence-corrected chi connectivity index (χ2v) is 3.00. The van der Waals surface area contributed by atoms with E-state index >= 15 is 0 Å². The molecule has 1 radical (unpaired) electrons. The van der Waals surface area contributed by atoms with Gasteiger partial charge in [0.15, 0.2) is 0 Å². The van der Waals surface area contributed by atoms with Gasteiger partial charge in [0.1, 0.15) is 5.75 Å². The summed E-state index contributed by atoms with van der Waals surface area (Å²) in [6.07, 6.45) is 1.17. The maximum atomic E-state index is 5.03. The minimum absolute atomic E-state index is 0.618. The molecule has 0 amide bonds. The predicted octanol–water partition coefficient (Wildman–Crippen LogP) is 3.01. The van der Waals surface area contributed by atoms with Crippen molar-refractivity contribution in [2.24, 2.45) is 0 Å². The molecular formula is C11H15O. The third kappa shape index (κ3) is 2.00. The molecule has 0 saturated carbocycles. The van der Waals surface area contributed by atoms with Crippen molar-refractivity contribution >= 4 is 0 Å². The fraction of sp³-hybridized carbons (Fsp3) is 0.455. The first-order chi connectivity index (χ1) is 5.77. The fourth-order valence-corrected chi connectivity index (χ4v) is 1.09. The monoisotopic (exact) mass is 163 g/mol. The van der Waals surface area contributed by atoms with Gasteiger partial charge < -0.3 is 4.74 Å². The van der Waals surface area contributed by atoms with Crippen LogP contribution in [0.5, 0.6) is 5.75 Å². The first-order valence-corrected chi connectivity index (χ1v) is 4.33. The van der Waals surface area contributed by atoms with Gasteiger partial charge in [0.05, 0.1) is 7.11 Å². The van der Waals surface area contributed by atoms with E-state index in [2.05, 4.69) is 26.0 Å². The molecule has 1 atom stereocenters. The lowest BCUT2D eigenvalue weighted by molar-refractivity contribution is 0.413. The molecule has 1 nitrogen and oxygen atoms in total. The molecule has 0 bridgehead atoms. The van der Waals surface area contributed by atoms with Gasteiger partial charge >= 0.3 is 0 Å². The van der Waals surface area contributed by atoms with Crippen LogP contribution in [0.25, 0.3) is 0 Å². The van der Waals surface area contributed by atoms with Crippen LogP contribution in [0.2, 0.25) is 0 Å². The number of hydrogen-bond donors (Lipinski definition) is 0. The molecule has 0 spiro atoms. The lowest BCUT2D eigenvalue weighted by Crippen LogP contribution is -1.91. The zero-order valence-electron chi connectivity index (χ0n) is 7.92. The van der Waals surface area contributed by atoms with E-state index in [0.29, 0.717) is 5.92 Å². The van der Waals surface area contributed by atoms with Gasteiger partial charge in [-0.15, -0.1) is 0 Å². The lowest BCUT2D eigenvalue weighted by Gasteiger charge is -2.08. The smallest absolute Gasteiger partial charge is 0.126 e. The second-order valence-electron chi connectivity index (χ2n) is 3.00. The Hall–Kier alpha value is -0.980. The van der Waals surface area contributed by atoms with Gasteiger partial charge in [-0.25, -0.2) is 0 Å². The summed E-state index contributed by atoms with van der Waals surface area (Å²) < 4.78 is 5.03. The molecule has 0 saturated heterocycles. The Balaban J connectivity index is 2.77. The van der Waals surface area contributed by atoms with Crippen LogP contribution in [0, 0.1) is 6.07 Å². The van der Waals surface area contributed by atoms with Gasteiger partial charge in [-0.3, -0.25) is 0 Å². The first-order valence-electron chi connectivity index (χ1n) is 4.33. The normalized spacial score (nSPS) is 12.6. The molecule has 0 N–H and O–H groups in total. The largest absolute Gasteiger partial charge is 0.496 e. The topological polar surface area (TPSA) is 9.23 Å². The van der Waals surface area contributed by atoms with Gasteiger partial charge in [-0.2, -0.15) is 0 Å². The van der Waals surface area contributed by atoms with Crippen molar-refractivity contribution in [2.75, 3.05) is 7.11 Å². The second kappa shape index (κ2) is 4.15. The van der Waals surface area contributed by atoms with Crippen LogP contribution in [0.4, 0.5) is 0 Å². The van der Waals surface area contributed by atoms with Gasteiger partial charge in [-0.05, 0) is 30.0 Å². The summed E-state index contributed by atoms with van der Waals surface area (Å²) in [5, 5.41) is 0. The Kier molecular flexibility index (Phi) is 3.15. The van der Waals surface area contributed by atoms with Crippen molar-refractivity contribution in [1.29, 1.82) is 0 Å². The zero-order valence-corrected chi connectivity index (χ0v) is 7.92. The molecule has 1 aromatic rings. The molecule has 0 aromatic heterocycles. The number of ether oxygens (including phenoxy) is 1. The minimum atomic E-state index is 0.618. The van der Waals surface area contributed by atoms with E-state index in [0.717, 1.165) is 5.75 Å². The highest BCUT2D eigenvalue weighted by Gasteiger charge is 2.01. The summed E-state index contributed by atoms with van der Waals surface area (Å²) in [5.74, 6) is 1.43. The molecule has 0 aliphatic rings. The van der Waals surface area contributed by atoms with Crippen LogP contribution in [0.3, 0.4) is 0 Å². The quantitative estimate of drug-likeness (QED) is 0.665. The highest BCUT2D eigenvalue weighted by molar-refractivity contribution is 5.27. The molecule has 0 aliphatic carbocycles. The molecule has 0 aliphatic heterocycles. The van der Waals surface area contributed by atoms with Crippen molar-refractivity contribution in [1.82, 2.24) is 0 Å². The maximum Gasteiger partial charge on any atom is 0.126 e. The van der Waals surface area contributed by atoms with Crippen molar-refractivity contribution < 1.29 is 4.74 Å². The Morgan fingerprint density at radius 3 is 2.67 bits per heavy atom. The average molecular weight is 163 g/mol. The summed E-state index contributed by atoms with van der Waals surface area (Å²) in [6, 6.07) is 9.15. The fourth-order valence-electron chi connectivity index (χ4n) is 1.09. The third-order valence-corrected chi connectivity index (χ3v) is 2.21. The highest BCUT2D eigenvalue weighted by Crippen LogP contribution is 2.20. The van der Waals surface area contributed by atoms with Gasteiger partial charge in [0.25, 0.3) is 0 Å². The predicted molar refractivity (Wildman–Crippen MR) is 50.5 cm³/mol. The van der Waals surface area contributed by atoms with Crippen LogP contribution in [0.1, 0.15) is 31.7 Å². The average Bonchev–Trinajstić information content (AvgIpc) is 2.17. The van der Waals surface area contributed by atoms with E-state index in [-0.39, 0.29) is 0 Å². The molecule has 12 heavy (non-hydrogen) atoms. The van der Waals surface area contributed by atoms with E-state index in [9.17, 15) is 0 Å². The maximum absolute atomic E-state index is 5.03. The summed E-state index contributed by atoms with van der Waals surface area (Å²) in [7, 11) is 1.66. The highest BCUT2D eigenvalue weighted by atomic mass is 16.5. The molecule has 0 fully saturated rings. The molecule has 65 valence electrons. The van der Waals surface area contributed by atoms with Crippen molar-refractivity contribution in [3.8, 4) is 5.75 Å². The summed E-state index contributed by atoms with van der Waals surface area (Å²) in [5.41, 5.74) is 1.33. The van der Waals surface area contributed by atoms with Gasteiger partial charge in [0.2, 0.25) is 0 Å². The summed E-state index contributed by atoms with van der Waals surface area (Å²) >= 11 is 0. The number of benzene rings is 1. The molecule has 1 unspecified atom stereocenters. The van der Waals surface area contributed by atoms with Crippen molar-refractivity contribution in [3.05, 3.63) is 29.8 Å². The molecule has 1 aromatic carbocycles. The van der Waals surface area contributed by atoms with E-state index in [1.165, 1.54) is 12.0 Å². The van der Waals surface area contributed by atoms with Crippen LogP contribution in [0.15, 0.2) is 18.2 Å². The van der Waals surface area contributed by atoms with E-state index in [4.69, 9.17) is 4.74 Å². The summed E-state index contributed by atoms with van der Waals surface area (Å²) in [6.45, 7) is 4.41. The summed E-state index contributed by atoms with van der Waals surface area (Å²) in [4.78, 5) is 0. The Morgan fingerprint density at radius 2 is 2.25 bits per heavy atom. The zero-order chi connectivity index (χ0) is 8.97. The Bertz CT molecular complexity index is 225. The van der Waals surface area contributed by atoms with Gasteiger partial charge in [0, 0.05) is 6.07 Å². The van der Waals surface area contributed by atoms with Crippen LogP contribution < -0.4 is 4.74 Å². The van der Waals surface area contributed by atoms with E-state index < -0.39 is 0 Å². The van der Waals surface area contributed by atoms with Crippen LogP contribution >= 0.6 is 0 Å².